The number of hydrogen-bond donors (Lipinski definition) is 3. The molecule has 0 radical (unpaired) electrons. The van der Waals surface area contributed by atoms with E-state index in [0.29, 0.717) is 6.42 Å². The molecule has 7 nitrogen and oxygen atoms in total. The molecule has 1 amide bonds. The lowest BCUT2D eigenvalue weighted by molar-refractivity contribution is -0.384. The summed E-state index contributed by atoms with van der Waals surface area (Å²) in [5.41, 5.74) is 5.17. The van der Waals surface area contributed by atoms with Crippen LogP contribution < -0.4 is 11.1 Å². The van der Waals surface area contributed by atoms with E-state index in [1.54, 1.807) is 0 Å². The minimum atomic E-state index is -0.722. The summed E-state index contributed by atoms with van der Waals surface area (Å²) in [6.07, 6.45) is 0.867. The van der Waals surface area contributed by atoms with Gasteiger partial charge in [-0.15, -0.1) is 0 Å². The van der Waals surface area contributed by atoms with E-state index in [1.807, 2.05) is 6.92 Å². The number of aliphatic hydroxyl groups excluding tert-OH is 1. The summed E-state index contributed by atoms with van der Waals surface area (Å²) in [5, 5.41) is 23.3. The molecule has 7 heteroatoms. The van der Waals surface area contributed by atoms with Crippen molar-refractivity contribution in [1.82, 2.24) is 0 Å². The lowest BCUT2D eigenvalue weighted by atomic mass is 10.1. The number of primary amides is 1. The van der Waals surface area contributed by atoms with Gasteiger partial charge in [-0.05, 0) is 18.6 Å². The lowest BCUT2D eigenvalue weighted by Crippen LogP contribution is -2.19. The van der Waals surface area contributed by atoms with E-state index < -0.39 is 16.9 Å². The number of nitrogens with zero attached hydrogens (tertiary/aromatic N) is 1. The number of nitrogens with two attached hydrogens (primary N) is 1. The number of benzene rings is 1. The largest absolute Gasteiger partial charge is 0.391 e. The van der Waals surface area contributed by atoms with Crippen LogP contribution in [0.2, 0.25) is 0 Å². The molecular weight excluding hydrogens is 250 g/mol. The number of nitro benzene ring substituents is 1. The molecule has 1 unspecified atom stereocenters. The fraction of sp³-hybridized carbons (Fsp3) is 0.417. The number of rotatable bonds is 7. The highest BCUT2D eigenvalue weighted by atomic mass is 16.6. The van der Waals surface area contributed by atoms with Crippen LogP contribution in [0.1, 0.15) is 30.1 Å². The topological polar surface area (TPSA) is 118 Å². The first kappa shape index (κ1) is 14.9. The molecule has 0 heterocycles. The summed E-state index contributed by atoms with van der Waals surface area (Å²) in [4.78, 5) is 21.3. The summed E-state index contributed by atoms with van der Waals surface area (Å²) < 4.78 is 0. The van der Waals surface area contributed by atoms with Crippen molar-refractivity contribution in [3.63, 3.8) is 0 Å². The van der Waals surface area contributed by atoms with Crippen molar-refractivity contribution >= 4 is 17.3 Å². The van der Waals surface area contributed by atoms with Crippen LogP contribution in [0.3, 0.4) is 0 Å². The summed E-state index contributed by atoms with van der Waals surface area (Å²) in [7, 11) is 0. The Hall–Kier alpha value is -2.15. The average Bonchev–Trinajstić information content (AvgIpc) is 2.36. The molecule has 1 aromatic carbocycles. The van der Waals surface area contributed by atoms with Gasteiger partial charge in [0.15, 0.2) is 0 Å². The van der Waals surface area contributed by atoms with Crippen molar-refractivity contribution in [3.8, 4) is 0 Å². The van der Waals surface area contributed by atoms with Crippen LogP contribution in [-0.4, -0.2) is 28.6 Å². The summed E-state index contributed by atoms with van der Waals surface area (Å²) in [5.74, 6) is -0.722. The SMILES string of the molecule is CCCC(O)CNc1ccc(C(N)=O)cc1[N+](=O)[O-]. The molecular formula is C12H17N3O4. The van der Waals surface area contributed by atoms with Gasteiger partial charge in [-0.1, -0.05) is 13.3 Å². The third-order valence-corrected chi connectivity index (χ3v) is 2.63. The van der Waals surface area contributed by atoms with Gasteiger partial charge in [0.25, 0.3) is 5.69 Å². The highest BCUT2D eigenvalue weighted by molar-refractivity contribution is 5.94. The van der Waals surface area contributed by atoms with Gasteiger partial charge in [0.1, 0.15) is 5.69 Å². The first-order valence-corrected chi connectivity index (χ1v) is 5.95. The minimum Gasteiger partial charge on any atom is -0.391 e. The van der Waals surface area contributed by atoms with Crippen molar-refractivity contribution in [3.05, 3.63) is 33.9 Å². The maximum absolute atomic E-state index is 11.0. The fourth-order valence-corrected chi connectivity index (χ4v) is 1.65. The fourth-order valence-electron chi connectivity index (χ4n) is 1.65. The Balaban J connectivity index is 2.88. The Labute approximate surface area is 110 Å². The van der Waals surface area contributed by atoms with Crippen LogP contribution >= 0.6 is 0 Å². The van der Waals surface area contributed by atoms with Crippen molar-refractivity contribution < 1.29 is 14.8 Å². The maximum atomic E-state index is 11.0. The molecule has 0 bridgehead atoms. The van der Waals surface area contributed by atoms with Gasteiger partial charge in [-0.2, -0.15) is 0 Å². The number of nitrogens with one attached hydrogen (secondary N) is 1. The van der Waals surface area contributed by atoms with Crippen LogP contribution in [-0.2, 0) is 0 Å². The van der Waals surface area contributed by atoms with Crippen LogP contribution in [0.5, 0.6) is 0 Å². The summed E-state index contributed by atoms with van der Waals surface area (Å²) >= 11 is 0. The summed E-state index contributed by atoms with van der Waals surface area (Å²) in [6, 6.07) is 3.94. The predicted octanol–water partition coefficient (Wildman–Crippen LogP) is 1.27. The van der Waals surface area contributed by atoms with E-state index in [9.17, 15) is 20.0 Å². The number of aliphatic hydroxyl groups is 1. The first-order chi connectivity index (χ1) is 8.95. The highest BCUT2D eigenvalue weighted by Crippen LogP contribution is 2.25. The zero-order valence-corrected chi connectivity index (χ0v) is 10.6. The Morgan fingerprint density at radius 3 is 2.79 bits per heavy atom. The van der Waals surface area contributed by atoms with Gasteiger partial charge in [-0.3, -0.25) is 14.9 Å². The van der Waals surface area contributed by atoms with Gasteiger partial charge in [0, 0.05) is 18.2 Å². The third-order valence-electron chi connectivity index (χ3n) is 2.63. The molecule has 0 aliphatic heterocycles. The van der Waals surface area contributed by atoms with Crippen LogP contribution in [0.4, 0.5) is 11.4 Å². The molecule has 0 aromatic heterocycles. The van der Waals surface area contributed by atoms with Gasteiger partial charge in [0.2, 0.25) is 5.91 Å². The second-order valence-electron chi connectivity index (χ2n) is 4.18. The second-order valence-corrected chi connectivity index (χ2v) is 4.18. The second kappa shape index (κ2) is 6.69. The molecule has 4 N–H and O–H groups in total. The van der Waals surface area contributed by atoms with Gasteiger partial charge in [0.05, 0.1) is 11.0 Å². The summed E-state index contributed by atoms with van der Waals surface area (Å²) in [6.45, 7) is 2.15. The number of carbonyl (C=O) groups excluding carboxylic acids is 1. The quantitative estimate of drug-likeness (QED) is 0.507. The van der Waals surface area contributed by atoms with Crippen molar-refractivity contribution in [2.75, 3.05) is 11.9 Å². The lowest BCUT2D eigenvalue weighted by Gasteiger charge is -2.12. The average molecular weight is 267 g/mol. The van der Waals surface area contributed by atoms with Gasteiger partial charge >= 0.3 is 0 Å². The zero-order chi connectivity index (χ0) is 14.4. The van der Waals surface area contributed by atoms with Gasteiger partial charge in [-0.25, -0.2) is 0 Å². The molecule has 0 fully saturated rings. The zero-order valence-electron chi connectivity index (χ0n) is 10.6. The van der Waals surface area contributed by atoms with Crippen LogP contribution in [0.25, 0.3) is 0 Å². The molecule has 1 atom stereocenters. The van der Waals surface area contributed by atoms with Crippen molar-refractivity contribution in [1.29, 1.82) is 0 Å². The van der Waals surface area contributed by atoms with Crippen LogP contribution in [0.15, 0.2) is 18.2 Å². The van der Waals surface area contributed by atoms with Crippen molar-refractivity contribution in [2.45, 2.75) is 25.9 Å². The number of anilines is 1. The van der Waals surface area contributed by atoms with E-state index >= 15 is 0 Å². The van der Waals surface area contributed by atoms with E-state index in [4.69, 9.17) is 5.73 Å². The Kier molecular flexibility index (Phi) is 5.25. The first-order valence-electron chi connectivity index (χ1n) is 5.95. The maximum Gasteiger partial charge on any atom is 0.293 e. The predicted molar refractivity (Wildman–Crippen MR) is 71.0 cm³/mol. The molecule has 1 rings (SSSR count). The Morgan fingerprint density at radius 2 is 2.26 bits per heavy atom. The monoisotopic (exact) mass is 267 g/mol. The number of hydrogen-bond acceptors (Lipinski definition) is 5. The van der Waals surface area contributed by atoms with E-state index in [-0.39, 0.29) is 23.5 Å². The van der Waals surface area contributed by atoms with E-state index in [2.05, 4.69) is 5.32 Å². The molecule has 0 aliphatic carbocycles. The molecule has 0 saturated carbocycles. The highest BCUT2D eigenvalue weighted by Gasteiger charge is 2.17. The Bertz CT molecular complexity index is 476. The molecule has 0 saturated heterocycles. The third kappa shape index (κ3) is 4.22. The molecule has 19 heavy (non-hydrogen) atoms. The number of carbonyl (C=O) groups is 1. The van der Waals surface area contributed by atoms with E-state index in [0.717, 1.165) is 12.5 Å². The molecule has 0 aliphatic rings. The van der Waals surface area contributed by atoms with E-state index in [1.165, 1.54) is 12.1 Å². The van der Waals surface area contributed by atoms with Gasteiger partial charge < -0.3 is 16.2 Å². The molecule has 1 aromatic rings. The molecule has 104 valence electrons. The van der Waals surface area contributed by atoms with Crippen LogP contribution in [0, 0.1) is 10.1 Å². The minimum absolute atomic E-state index is 0.0753. The molecule has 0 spiro atoms. The standard InChI is InChI=1S/C12H17N3O4/c1-2-3-9(16)7-14-10-5-4-8(12(13)17)6-11(10)15(18)19/h4-6,9,14,16H,2-3,7H2,1H3,(H2,13,17). The number of amides is 1. The number of nitro groups is 1. The smallest absolute Gasteiger partial charge is 0.293 e. The normalized spacial score (nSPS) is 11.9. The Morgan fingerprint density at radius 1 is 1.58 bits per heavy atom. The van der Waals surface area contributed by atoms with Crippen molar-refractivity contribution in [2.24, 2.45) is 5.73 Å².